The highest BCUT2D eigenvalue weighted by Crippen LogP contribution is 2.23. The first-order valence-corrected chi connectivity index (χ1v) is 7.67. The normalized spacial score (nSPS) is 18.9. The molecule has 1 unspecified atom stereocenters. The van der Waals surface area contributed by atoms with Crippen LogP contribution < -0.4 is 5.32 Å². The van der Waals surface area contributed by atoms with E-state index in [4.69, 9.17) is 23.2 Å². The molecule has 1 aliphatic rings. The number of nitrogens with one attached hydrogen (secondary N) is 1. The number of likely N-dealkylation sites (tertiary alicyclic amines) is 1. The molecule has 0 saturated carbocycles. The molecule has 1 atom stereocenters. The summed E-state index contributed by atoms with van der Waals surface area (Å²) in [6.07, 6.45) is 2.58. The predicted molar refractivity (Wildman–Crippen MR) is 85.8 cm³/mol. The molecule has 21 heavy (non-hydrogen) atoms. The van der Waals surface area contributed by atoms with Crippen molar-refractivity contribution < 1.29 is 0 Å². The number of benzene rings is 1. The second kappa shape index (κ2) is 6.60. The van der Waals surface area contributed by atoms with Crippen molar-refractivity contribution in [3.05, 3.63) is 52.4 Å². The molecule has 0 amide bonds. The Morgan fingerprint density at radius 1 is 1.24 bits per heavy atom. The summed E-state index contributed by atoms with van der Waals surface area (Å²) in [7, 11) is 0. The first-order chi connectivity index (χ1) is 10.2. The zero-order chi connectivity index (χ0) is 14.7. The molecule has 110 valence electrons. The quantitative estimate of drug-likeness (QED) is 0.875. The molecule has 6 heteroatoms. The van der Waals surface area contributed by atoms with Gasteiger partial charge in [-0.15, -0.1) is 0 Å². The highest BCUT2D eigenvalue weighted by atomic mass is 35.5. The Morgan fingerprint density at radius 2 is 2.05 bits per heavy atom. The van der Waals surface area contributed by atoms with Crippen molar-refractivity contribution in [2.24, 2.45) is 0 Å². The van der Waals surface area contributed by atoms with E-state index in [-0.39, 0.29) is 5.28 Å². The molecule has 1 fully saturated rings. The molecule has 1 aliphatic heterocycles. The van der Waals surface area contributed by atoms with Crippen LogP contribution in [0.15, 0.2) is 36.5 Å². The minimum absolute atomic E-state index is 0.209. The van der Waals surface area contributed by atoms with Crippen LogP contribution in [0, 0.1) is 0 Å². The van der Waals surface area contributed by atoms with Gasteiger partial charge in [-0.25, -0.2) is 4.98 Å². The molecule has 3 rings (SSSR count). The summed E-state index contributed by atoms with van der Waals surface area (Å²) in [5, 5.41) is 4.07. The number of hydrogen-bond acceptors (Lipinski definition) is 4. The fourth-order valence-electron chi connectivity index (χ4n) is 2.58. The number of aromatic nitrogens is 2. The van der Waals surface area contributed by atoms with E-state index in [2.05, 4.69) is 44.5 Å². The molecule has 0 radical (unpaired) electrons. The lowest BCUT2D eigenvalue weighted by Crippen LogP contribution is -2.26. The number of halogens is 2. The van der Waals surface area contributed by atoms with Gasteiger partial charge < -0.3 is 5.32 Å². The molecule has 1 saturated heterocycles. The van der Waals surface area contributed by atoms with E-state index >= 15 is 0 Å². The highest BCUT2D eigenvalue weighted by Gasteiger charge is 2.23. The maximum atomic E-state index is 6.08. The van der Waals surface area contributed by atoms with Gasteiger partial charge in [-0.2, -0.15) is 4.98 Å². The van der Waals surface area contributed by atoms with Crippen molar-refractivity contribution in [3.63, 3.8) is 0 Å². The van der Waals surface area contributed by atoms with Crippen molar-refractivity contribution in [1.29, 1.82) is 0 Å². The fraction of sp³-hybridized carbons (Fsp3) is 0.333. The van der Waals surface area contributed by atoms with E-state index in [1.807, 2.05) is 6.07 Å². The van der Waals surface area contributed by atoms with Gasteiger partial charge in [0.2, 0.25) is 5.28 Å². The van der Waals surface area contributed by atoms with E-state index in [1.165, 1.54) is 11.8 Å². The van der Waals surface area contributed by atoms with Crippen molar-refractivity contribution in [3.8, 4) is 0 Å². The van der Waals surface area contributed by atoms with Gasteiger partial charge in [0.25, 0.3) is 0 Å². The third-order valence-electron chi connectivity index (χ3n) is 3.58. The van der Waals surface area contributed by atoms with Crippen molar-refractivity contribution in [2.45, 2.75) is 19.0 Å². The van der Waals surface area contributed by atoms with E-state index in [0.29, 0.717) is 16.9 Å². The maximum absolute atomic E-state index is 6.08. The summed E-state index contributed by atoms with van der Waals surface area (Å²) in [4.78, 5) is 10.4. The largest absolute Gasteiger partial charge is 0.365 e. The van der Waals surface area contributed by atoms with Crippen molar-refractivity contribution in [2.75, 3.05) is 18.4 Å². The summed E-state index contributed by atoms with van der Waals surface area (Å²) >= 11 is 11.9. The topological polar surface area (TPSA) is 41.1 Å². The van der Waals surface area contributed by atoms with Gasteiger partial charge in [0.15, 0.2) is 0 Å². The standard InChI is InChI=1S/C15H16Cl2N4/c16-13-8-18-15(17)20-14(13)19-12-6-7-21(10-12)9-11-4-2-1-3-5-11/h1-5,8,12H,6-7,9-10H2,(H,18,19,20). The molecule has 0 bridgehead atoms. The third-order valence-corrected chi connectivity index (χ3v) is 4.04. The minimum Gasteiger partial charge on any atom is -0.365 e. The van der Waals surface area contributed by atoms with Gasteiger partial charge in [0.05, 0.1) is 6.20 Å². The number of rotatable bonds is 4. The number of hydrogen-bond donors (Lipinski definition) is 1. The molecule has 0 spiro atoms. The SMILES string of the molecule is Clc1ncc(Cl)c(NC2CCN(Cc3ccccc3)C2)n1. The smallest absolute Gasteiger partial charge is 0.224 e. The molecule has 2 aromatic rings. The second-order valence-electron chi connectivity index (χ2n) is 5.19. The Labute approximate surface area is 134 Å². The zero-order valence-corrected chi connectivity index (χ0v) is 13.0. The summed E-state index contributed by atoms with van der Waals surface area (Å²) in [6, 6.07) is 10.8. The van der Waals surface area contributed by atoms with Crippen LogP contribution in [0.4, 0.5) is 5.82 Å². The first-order valence-electron chi connectivity index (χ1n) is 6.91. The van der Waals surface area contributed by atoms with E-state index in [1.54, 1.807) is 0 Å². The average molecular weight is 323 g/mol. The Hall–Kier alpha value is -1.36. The third kappa shape index (κ3) is 3.84. The van der Waals surface area contributed by atoms with Crippen LogP contribution in [0.2, 0.25) is 10.3 Å². The van der Waals surface area contributed by atoms with Crippen LogP contribution in [0.25, 0.3) is 0 Å². The number of anilines is 1. The number of nitrogens with zero attached hydrogens (tertiary/aromatic N) is 3. The Kier molecular flexibility index (Phi) is 4.58. The van der Waals surface area contributed by atoms with Crippen LogP contribution in [-0.2, 0) is 6.54 Å². The van der Waals surface area contributed by atoms with E-state index in [9.17, 15) is 0 Å². The zero-order valence-electron chi connectivity index (χ0n) is 11.5. The van der Waals surface area contributed by atoms with Crippen LogP contribution in [0.1, 0.15) is 12.0 Å². The van der Waals surface area contributed by atoms with Crippen LogP contribution in [-0.4, -0.2) is 34.0 Å². The molecule has 0 aliphatic carbocycles. The lowest BCUT2D eigenvalue weighted by atomic mass is 10.2. The Morgan fingerprint density at radius 3 is 2.86 bits per heavy atom. The second-order valence-corrected chi connectivity index (χ2v) is 5.93. The van der Waals surface area contributed by atoms with Crippen LogP contribution in [0.5, 0.6) is 0 Å². The van der Waals surface area contributed by atoms with Gasteiger partial charge >= 0.3 is 0 Å². The van der Waals surface area contributed by atoms with Gasteiger partial charge in [0, 0.05) is 25.7 Å². The van der Waals surface area contributed by atoms with Gasteiger partial charge in [-0.1, -0.05) is 41.9 Å². The predicted octanol–water partition coefficient (Wildman–Crippen LogP) is 3.47. The monoisotopic (exact) mass is 322 g/mol. The molecule has 1 aromatic heterocycles. The van der Waals surface area contributed by atoms with Gasteiger partial charge in [-0.3, -0.25) is 4.90 Å². The van der Waals surface area contributed by atoms with E-state index < -0.39 is 0 Å². The Balaban J connectivity index is 1.58. The summed E-state index contributed by atoms with van der Waals surface area (Å²) < 4.78 is 0. The summed E-state index contributed by atoms with van der Waals surface area (Å²) in [5.74, 6) is 0.614. The van der Waals surface area contributed by atoms with Gasteiger partial charge in [-0.05, 0) is 23.6 Å². The maximum Gasteiger partial charge on any atom is 0.224 e. The fourth-order valence-corrected chi connectivity index (χ4v) is 2.85. The first kappa shape index (κ1) is 14.6. The van der Waals surface area contributed by atoms with Crippen molar-refractivity contribution >= 4 is 29.0 Å². The summed E-state index contributed by atoms with van der Waals surface area (Å²) in [5.41, 5.74) is 1.33. The molecular weight excluding hydrogens is 307 g/mol. The lowest BCUT2D eigenvalue weighted by molar-refractivity contribution is 0.328. The van der Waals surface area contributed by atoms with E-state index in [0.717, 1.165) is 26.1 Å². The van der Waals surface area contributed by atoms with Crippen LogP contribution in [0.3, 0.4) is 0 Å². The minimum atomic E-state index is 0.209. The Bertz CT molecular complexity index is 606. The lowest BCUT2D eigenvalue weighted by Gasteiger charge is -2.17. The molecule has 4 nitrogen and oxygen atoms in total. The van der Waals surface area contributed by atoms with Crippen molar-refractivity contribution in [1.82, 2.24) is 14.9 Å². The van der Waals surface area contributed by atoms with Gasteiger partial charge in [0.1, 0.15) is 10.8 Å². The highest BCUT2D eigenvalue weighted by molar-refractivity contribution is 6.33. The average Bonchev–Trinajstić information content (AvgIpc) is 2.91. The molecule has 2 heterocycles. The summed E-state index contributed by atoms with van der Waals surface area (Å²) in [6.45, 7) is 2.99. The van der Waals surface area contributed by atoms with Crippen LogP contribution >= 0.6 is 23.2 Å². The molecular formula is C15H16Cl2N4. The molecule has 1 aromatic carbocycles. The molecule has 1 N–H and O–H groups in total.